The van der Waals surface area contributed by atoms with Gasteiger partial charge in [0.15, 0.2) is 0 Å². The van der Waals surface area contributed by atoms with Crippen LogP contribution in [0, 0.1) is 0 Å². The Morgan fingerprint density at radius 3 is 2.33 bits per heavy atom. The number of rotatable bonds is 8. The van der Waals surface area contributed by atoms with Gasteiger partial charge in [-0.05, 0) is 29.7 Å². The smallest absolute Gasteiger partial charge is 0.254 e. The first kappa shape index (κ1) is 18.4. The molecule has 27 heavy (non-hydrogen) atoms. The molecule has 2 N–H and O–H groups in total. The molecular weight excluding hydrogens is 340 g/mol. The van der Waals surface area contributed by atoms with Crippen molar-refractivity contribution in [2.45, 2.75) is 13.0 Å². The standard InChI is InChI=1S/C21H22N4O2/c1-27-19-9-7-16(8-10-19)11-12-22-21-24-14-18(15-25-21)20(26)23-13-17-5-3-2-4-6-17/h2-10,14-15H,11-13H2,1H3,(H,23,26)(H,22,24,25). The van der Waals surface area contributed by atoms with Crippen molar-refractivity contribution in [1.82, 2.24) is 15.3 Å². The van der Waals surface area contributed by atoms with Crippen LogP contribution >= 0.6 is 0 Å². The van der Waals surface area contributed by atoms with Crippen LogP contribution < -0.4 is 15.4 Å². The van der Waals surface area contributed by atoms with Crippen molar-refractivity contribution < 1.29 is 9.53 Å². The second-order valence-corrected chi connectivity index (χ2v) is 5.99. The van der Waals surface area contributed by atoms with Gasteiger partial charge >= 0.3 is 0 Å². The molecule has 0 atom stereocenters. The summed E-state index contributed by atoms with van der Waals surface area (Å²) in [6, 6.07) is 17.7. The lowest BCUT2D eigenvalue weighted by molar-refractivity contribution is 0.0950. The van der Waals surface area contributed by atoms with Gasteiger partial charge in [-0.2, -0.15) is 0 Å². The predicted molar refractivity (Wildman–Crippen MR) is 105 cm³/mol. The fraction of sp³-hybridized carbons (Fsp3) is 0.190. The number of ether oxygens (including phenoxy) is 1. The number of hydrogen-bond donors (Lipinski definition) is 2. The minimum atomic E-state index is -0.191. The van der Waals surface area contributed by atoms with Gasteiger partial charge in [-0.15, -0.1) is 0 Å². The Hall–Kier alpha value is -3.41. The molecule has 0 aliphatic carbocycles. The number of nitrogens with one attached hydrogen (secondary N) is 2. The van der Waals surface area contributed by atoms with Crippen LogP contribution in [0.3, 0.4) is 0 Å². The summed E-state index contributed by atoms with van der Waals surface area (Å²) in [5.74, 6) is 1.16. The summed E-state index contributed by atoms with van der Waals surface area (Å²) in [5.41, 5.74) is 2.68. The van der Waals surface area contributed by atoms with Gasteiger partial charge in [0, 0.05) is 25.5 Å². The number of carbonyl (C=O) groups excluding carboxylic acids is 1. The fourth-order valence-electron chi connectivity index (χ4n) is 2.53. The number of hydrogen-bond acceptors (Lipinski definition) is 5. The lowest BCUT2D eigenvalue weighted by Gasteiger charge is -2.07. The van der Waals surface area contributed by atoms with Crippen molar-refractivity contribution in [2.75, 3.05) is 19.0 Å². The highest BCUT2D eigenvalue weighted by Gasteiger charge is 2.07. The molecule has 1 aromatic heterocycles. The van der Waals surface area contributed by atoms with Gasteiger partial charge in [-0.25, -0.2) is 9.97 Å². The summed E-state index contributed by atoms with van der Waals surface area (Å²) in [6.45, 7) is 1.17. The lowest BCUT2D eigenvalue weighted by atomic mass is 10.1. The average molecular weight is 362 g/mol. The monoisotopic (exact) mass is 362 g/mol. The summed E-state index contributed by atoms with van der Waals surface area (Å²) >= 11 is 0. The minimum absolute atomic E-state index is 0.191. The molecule has 0 fully saturated rings. The van der Waals surface area contributed by atoms with E-state index < -0.39 is 0 Å². The van der Waals surface area contributed by atoms with E-state index in [0.717, 1.165) is 17.7 Å². The molecule has 1 heterocycles. The largest absolute Gasteiger partial charge is 0.497 e. The fourth-order valence-corrected chi connectivity index (χ4v) is 2.53. The van der Waals surface area contributed by atoms with E-state index in [4.69, 9.17) is 4.74 Å². The van der Waals surface area contributed by atoms with Crippen LogP contribution in [0.4, 0.5) is 5.95 Å². The molecule has 0 bridgehead atoms. The third-order valence-electron chi connectivity index (χ3n) is 4.07. The van der Waals surface area contributed by atoms with E-state index in [1.54, 1.807) is 7.11 Å². The van der Waals surface area contributed by atoms with E-state index >= 15 is 0 Å². The molecule has 0 saturated carbocycles. The zero-order valence-electron chi connectivity index (χ0n) is 15.2. The van der Waals surface area contributed by atoms with E-state index in [-0.39, 0.29) is 5.91 Å². The van der Waals surface area contributed by atoms with Crippen LogP contribution in [0.15, 0.2) is 67.0 Å². The summed E-state index contributed by atoms with van der Waals surface area (Å²) in [5, 5.41) is 6.02. The molecule has 0 aliphatic heterocycles. The van der Waals surface area contributed by atoms with Gasteiger partial charge in [0.25, 0.3) is 5.91 Å². The molecule has 0 unspecified atom stereocenters. The number of anilines is 1. The molecule has 0 radical (unpaired) electrons. The van der Waals surface area contributed by atoms with Gasteiger partial charge in [-0.3, -0.25) is 4.79 Å². The number of carbonyl (C=O) groups is 1. The minimum Gasteiger partial charge on any atom is -0.497 e. The van der Waals surface area contributed by atoms with Gasteiger partial charge < -0.3 is 15.4 Å². The molecule has 2 aromatic carbocycles. The van der Waals surface area contributed by atoms with Crippen LogP contribution in [-0.2, 0) is 13.0 Å². The van der Waals surface area contributed by atoms with Crippen molar-refractivity contribution >= 4 is 11.9 Å². The zero-order valence-corrected chi connectivity index (χ0v) is 15.2. The van der Waals surface area contributed by atoms with Crippen molar-refractivity contribution in [3.8, 4) is 5.75 Å². The lowest BCUT2D eigenvalue weighted by Crippen LogP contribution is -2.23. The Balaban J connectivity index is 1.45. The second-order valence-electron chi connectivity index (χ2n) is 5.99. The third kappa shape index (κ3) is 5.54. The molecule has 0 saturated heterocycles. The highest BCUT2D eigenvalue weighted by Crippen LogP contribution is 2.11. The van der Waals surface area contributed by atoms with Crippen molar-refractivity contribution in [3.63, 3.8) is 0 Å². The molecule has 1 amide bonds. The molecule has 3 aromatic rings. The maximum absolute atomic E-state index is 12.2. The predicted octanol–water partition coefficient (Wildman–Crippen LogP) is 3.07. The van der Waals surface area contributed by atoms with Crippen LogP contribution in [-0.4, -0.2) is 29.5 Å². The Morgan fingerprint density at radius 1 is 0.963 bits per heavy atom. The number of methoxy groups -OCH3 is 1. The summed E-state index contributed by atoms with van der Waals surface area (Å²) in [7, 11) is 1.65. The Bertz CT molecular complexity index is 850. The molecule has 6 heteroatoms. The normalized spacial score (nSPS) is 10.3. The van der Waals surface area contributed by atoms with Gasteiger partial charge in [-0.1, -0.05) is 42.5 Å². The second kappa shape index (κ2) is 9.33. The third-order valence-corrected chi connectivity index (χ3v) is 4.07. The van der Waals surface area contributed by atoms with E-state index in [2.05, 4.69) is 20.6 Å². The van der Waals surface area contributed by atoms with Crippen LogP contribution in [0.2, 0.25) is 0 Å². The highest BCUT2D eigenvalue weighted by atomic mass is 16.5. The van der Waals surface area contributed by atoms with E-state index in [9.17, 15) is 4.79 Å². The van der Waals surface area contributed by atoms with E-state index in [1.807, 2.05) is 54.6 Å². The summed E-state index contributed by atoms with van der Waals surface area (Å²) in [6.07, 6.45) is 3.90. The Kier molecular flexibility index (Phi) is 6.35. The average Bonchev–Trinajstić information content (AvgIpc) is 2.74. The first-order valence-corrected chi connectivity index (χ1v) is 8.75. The SMILES string of the molecule is COc1ccc(CCNc2ncc(C(=O)NCc3ccccc3)cn2)cc1. The molecule has 0 aliphatic rings. The molecule has 138 valence electrons. The number of amides is 1. The highest BCUT2D eigenvalue weighted by molar-refractivity contribution is 5.93. The zero-order chi connectivity index (χ0) is 18.9. The summed E-state index contributed by atoms with van der Waals surface area (Å²) in [4.78, 5) is 20.6. The molecular formula is C21H22N4O2. The number of aromatic nitrogens is 2. The topological polar surface area (TPSA) is 76.1 Å². The van der Waals surface area contributed by atoms with Crippen molar-refractivity contribution in [2.24, 2.45) is 0 Å². The molecule has 0 spiro atoms. The van der Waals surface area contributed by atoms with Crippen molar-refractivity contribution in [1.29, 1.82) is 0 Å². The van der Waals surface area contributed by atoms with Gasteiger partial charge in [0.2, 0.25) is 5.95 Å². The van der Waals surface area contributed by atoms with Crippen molar-refractivity contribution in [3.05, 3.63) is 83.7 Å². The first-order valence-electron chi connectivity index (χ1n) is 8.75. The first-order chi connectivity index (χ1) is 13.2. The quantitative estimate of drug-likeness (QED) is 0.644. The number of nitrogens with zero attached hydrogens (tertiary/aromatic N) is 2. The maximum atomic E-state index is 12.2. The van der Waals surface area contributed by atoms with Crippen LogP contribution in [0.1, 0.15) is 21.5 Å². The van der Waals surface area contributed by atoms with Gasteiger partial charge in [0.05, 0.1) is 12.7 Å². The van der Waals surface area contributed by atoms with E-state index in [0.29, 0.717) is 24.6 Å². The summed E-state index contributed by atoms with van der Waals surface area (Å²) < 4.78 is 5.15. The molecule has 3 rings (SSSR count). The van der Waals surface area contributed by atoms with Gasteiger partial charge in [0.1, 0.15) is 5.75 Å². The van der Waals surface area contributed by atoms with Crippen LogP contribution in [0.5, 0.6) is 5.75 Å². The molecule has 6 nitrogen and oxygen atoms in total. The Morgan fingerprint density at radius 2 is 1.67 bits per heavy atom. The number of benzene rings is 2. The Labute approximate surface area is 158 Å². The maximum Gasteiger partial charge on any atom is 0.254 e. The van der Waals surface area contributed by atoms with E-state index in [1.165, 1.54) is 18.0 Å². The van der Waals surface area contributed by atoms with Crippen LogP contribution in [0.25, 0.3) is 0 Å².